The van der Waals surface area contributed by atoms with E-state index in [1.807, 2.05) is 53.1 Å². The average Bonchev–Trinajstić information content (AvgIpc) is 3.15. The quantitative estimate of drug-likeness (QED) is 0.278. The number of aliphatic imine (C=N–C) groups is 1. The van der Waals surface area contributed by atoms with Crippen LogP contribution in [0.3, 0.4) is 0 Å². The Bertz CT molecular complexity index is 1000. The van der Waals surface area contributed by atoms with Gasteiger partial charge in [-0.25, -0.2) is 0 Å². The van der Waals surface area contributed by atoms with Gasteiger partial charge in [0, 0.05) is 33.9 Å². The second-order valence-corrected chi connectivity index (χ2v) is 6.55. The molecule has 0 fully saturated rings. The van der Waals surface area contributed by atoms with Crippen LogP contribution in [0.15, 0.2) is 53.7 Å². The lowest BCUT2D eigenvalue weighted by atomic mass is 10.2. The molecule has 0 atom stereocenters. The third-order valence-electron chi connectivity index (χ3n) is 4.24. The van der Waals surface area contributed by atoms with E-state index in [2.05, 4.69) is 25.8 Å². The second-order valence-electron chi connectivity index (χ2n) is 6.55. The highest BCUT2D eigenvalue weighted by atomic mass is 127. The number of halogens is 1. The summed E-state index contributed by atoms with van der Waals surface area (Å²) in [6, 6.07) is 13.4. The number of aromatic nitrogens is 3. The number of carbonyl (C=O) groups excluding carboxylic acids is 1. The first-order valence-corrected chi connectivity index (χ1v) is 9.22. The Morgan fingerprint density at radius 2 is 1.93 bits per heavy atom. The normalized spacial score (nSPS) is 11.0. The number of likely N-dealkylation sites (N-methyl/N-ethyl adjacent to an activating group) is 1. The molecule has 0 aliphatic carbocycles. The summed E-state index contributed by atoms with van der Waals surface area (Å²) in [4.78, 5) is 17.4. The molecule has 0 spiro atoms. The zero-order chi connectivity index (χ0) is 20.6. The number of guanidine groups is 1. The van der Waals surface area contributed by atoms with Crippen LogP contribution in [-0.2, 0) is 17.9 Å². The molecule has 1 aromatic carbocycles. The summed E-state index contributed by atoms with van der Waals surface area (Å²) >= 11 is 0. The molecule has 160 valence electrons. The summed E-state index contributed by atoms with van der Waals surface area (Å²) in [5, 5.41) is 14.8. The molecule has 2 N–H and O–H groups in total. The molecule has 2 aromatic heterocycles. The summed E-state index contributed by atoms with van der Waals surface area (Å²) in [5.41, 5.74) is 1.81. The molecular formula is C20H26IN7O2. The van der Waals surface area contributed by atoms with Gasteiger partial charge in [-0.15, -0.1) is 34.2 Å². The summed E-state index contributed by atoms with van der Waals surface area (Å²) in [6.07, 6.45) is 1.93. The highest BCUT2D eigenvalue weighted by molar-refractivity contribution is 14.0. The number of rotatable bonds is 7. The number of hydrogen-bond acceptors (Lipinski definition) is 5. The third kappa shape index (κ3) is 6.31. The number of hydrogen-bond donors (Lipinski definition) is 2. The van der Waals surface area contributed by atoms with Gasteiger partial charge in [-0.3, -0.25) is 14.2 Å². The first-order chi connectivity index (χ1) is 14.1. The van der Waals surface area contributed by atoms with Gasteiger partial charge < -0.3 is 20.3 Å². The standard InChI is InChI=1S/C20H25N7O2.HI/c1-21-20(23-13-18-25-24-17-9-4-5-10-27(17)18)22-12-15-7-6-8-16(11-15)29-14-19(28)26(2)3;/h4-11H,12-14H2,1-3H3,(H2,21,22,23);1H. The van der Waals surface area contributed by atoms with Crippen molar-refractivity contribution in [1.82, 2.24) is 30.1 Å². The number of pyridine rings is 1. The van der Waals surface area contributed by atoms with Gasteiger partial charge >= 0.3 is 0 Å². The maximum absolute atomic E-state index is 11.7. The van der Waals surface area contributed by atoms with Crippen molar-refractivity contribution >= 4 is 41.5 Å². The molecule has 9 nitrogen and oxygen atoms in total. The van der Waals surface area contributed by atoms with Crippen LogP contribution in [0.4, 0.5) is 0 Å². The van der Waals surface area contributed by atoms with E-state index >= 15 is 0 Å². The van der Waals surface area contributed by atoms with E-state index in [9.17, 15) is 4.79 Å². The molecule has 0 aliphatic heterocycles. The lowest BCUT2D eigenvalue weighted by Crippen LogP contribution is -2.36. The summed E-state index contributed by atoms with van der Waals surface area (Å²) < 4.78 is 7.48. The molecule has 1 amide bonds. The molecule has 0 saturated carbocycles. The molecule has 0 aliphatic rings. The number of amides is 1. The number of nitrogens with one attached hydrogen (secondary N) is 2. The van der Waals surface area contributed by atoms with E-state index in [0.717, 1.165) is 17.0 Å². The predicted octanol–water partition coefficient (Wildman–Crippen LogP) is 1.68. The van der Waals surface area contributed by atoms with Crippen LogP contribution in [0.25, 0.3) is 5.65 Å². The van der Waals surface area contributed by atoms with Crippen molar-refractivity contribution in [3.63, 3.8) is 0 Å². The Morgan fingerprint density at radius 3 is 2.70 bits per heavy atom. The molecule has 0 unspecified atom stereocenters. The van der Waals surface area contributed by atoms with Crippen LogP contribution in [0.1, 0.15) is 11.4 Å². The molecule has 3 aromatic rings. The molecular weight excluding hydrogens is 497 g/mol. The minimum absolute atomic E-state index is 0. The van der Waals surface area contributed by atoms with Crippen LogP contribution in [0.5, 0.6) is 5.75 Å². The Balaban J connectivity index is 0.00000320. The van der Waals surface area contributed by atoms with Crippen molar-refractivity contribution in [3.05, 3.63) is 60.0 Å². The van der Waals surface area contributed by atoms with Gasteiger partial charge in [0.2, 0.25) is 0 Å². The van der Waals surface area contributed by atoms with Gasteiger partial charge in [0.05, 0.1) is 6.54 Å². The number of carbonyl (C=O) groups is 1. The Hall–Kier alpha value is -2.89. The van der Waals surface area contributed by atoms with Gasteiger partial charge in [0.25, 0.3) is 5.91 Å². The van der Waals surface area contributed by atoms with E-state index in [1.165, 1.54) is 4.90 Å². The van der Waals surface area contributed by atoms with Gasteiger partial charge in [-0.1, -0.05) is 18.2 Å². The van der Waals surface area contributed by atoms with Crippen molar-refractivity contribution in [3.8, 4) is 5.75 Å². The maximum atomic E-state index is 11.7. The predicted molar refractivity (Wildman–Crippen MR) is 126 cm³/mol. The van der Waals surface area contributed by atoms with Crippen LogP contribution >= 0.6 is 24.0 Å². The third-order valence-corrected chi connectivity index (χ3v) is 4.24. The number of fused-ring (bicyclic) bond motifs is 1. The number of nitrogens with zero attached hydrogens (tertiary/aromatic N) is 5. The molecule has 30 heavy (non-hydrogen) atoms. The molecule has 10 heteroatoms. The van der Waals surface area contributed by atoms with Gasteiger partial charge in [-0.05, 0) is 29.8 Å². The topological polar surface area (TPSA) is 96.2 Å². The number of benzene rings is 1. The zero-order valence-corrected chi connectivity index (χ0v) is 19.5. The van der Waals surface area contributed by atoms with Gasteiger partial charge in [0.15, 0.2) is 24.0 Å². The molecule has 3 rings (SSSR count). The van der Waals surface area contributed by atoms with Gasteiger partial charge in [0.1, 0.15) is 5.75 Å². The zero-order valence-electron chi connectivity index (χ0n) is 17.2. The van der Waals surface area contributed by atoms with E-state index in [0.29, 0.717) is 24.8 Å². The Morgan fingerprint density at radius 1 is 1.13 bits per heavy atom. The van der Waals surface area contributed by atoms with Crippen molar-refractivity contribution in [2.24, 2.45) is 4.99 Å². The SMILES string of the molecule is CN=C(NCc1cccc(OCC(=O)N(C)C)c1)NCc1nnc2ccccn12.I. The molecule has 0 radical (unpaired) electrons. The minimum Gasteiger partial charge on any atom is -0.484 e. The Kier molecular flexibility index (Phi) is 8.84. The first kappa shape index (κ1) is 23.4. The van der Waals surface area contributed by atoms with Crippen LogP contribution in [-0.4, -0.2) is 59.1 Å². The molecule has 0 bridgehead atoms. The van der Waals surface area contributed by atoms with E-state index in [-0.39, 0.29) is 36.5 Å². The van der Waals surface area contributed by atoms with E-state index < -0.39 is 0 Å². The lowest BCUT2D eigenvalue weighted by molar-refractivity contribution is -0.130. The van der Waals surface area contributed by atoms with Crippen LogP contribution in [0.2, 0.25) is 0 Å². The van der Waals surface area contributed by atoms with Gasteiger partial charge in [-0.2, -0.15) is 0 Å². The number of ether oxygens (including phenoxy) is 1. The highest BCUT2D eigenvalue weighted by Gasteiger charge is 2.07. The maximum Gasteiger partial charge on any atom is 0.259 e. The average molecular weight is 523 g/mol. The van der Waals surface area contributed by atoms with Crippen molar-refractivity contribution in [1.29, 1.82) is 0 Å². The monoisotopic (exact) mass is 523 g/mol. The largest absolute Gasteiger partial charge is 0.484 e. The fraction of sp³-hybridized carbons (Fsp3) is 0.300. The fourth-order valence-electron chi connectivity index (χ4n) is 2.60. The highest BCUT2D eigenvalue weighted by Crippen LogP contribution is 2.13. The fourth-order valence-corrected chi connectivity index (χ4v) is 2.60. The van der Waals surface area contributed by atoms with Crippen molar-refractivity contribution in [2.75, 3.05) is 27.7 Å². The van der Waals surface area contributed by atoms with E-state index in [4.69, 9.17) is 4.74 Å². The smallest absolute Gasteiger partial charge is 0.259 e. The molecule has 2 heterocycles. The first-order valence-electron chi connectivity index (χ1n) is 9.22. The summed E-state index contributed by atoms with van der Waals surface area (Å²) in [5.74, 6) is 2.01. The summed E-state index contributed by atoms with van der Waals surface area (Å²) in [6.45, 7) is 1.05. The second kappa shape index (κ2) is 11.3. The summed E-state index contributed by atoms with van der Waals surface area (Å²) in [7, 11) is 5.11. The lowest BCUT2D eigenvalue weighted by Gasteiger charge is -2.13. The molecule has 0 saturated heterocycles. The van der Waals surface area contributed by atoms with Crippen molar-refractivity contribution < 1.29 is 9.53 Å². The van der Waals surface area contributed by atoms with E-state index in [1.54, 1.807) is 21.1 Å². The van der Waals surface area contributed by atoms with Crippen molar-refractivity contribution in [2.45, 2.75) is 13.1 Å². The van der Waals surface area contributed by atoms with Crippen LogP contribution in [0, 0.1) is 0 Å². The minimum atomic E-state index is -0.0841. The Labute approximate surface area is 192 Å². The van der Waals surface area contributed by atoms with Crippen LogP contribution < -0.4 is 15.4 Å².